The van der Waals surface area contributed by atoms with Crippen LogP contribution in [0.1, 0.15) is 24.5 Å². The van der Waals surface area contributed by atoms with Crippen LogP contribution in [0.4, 0.5) is 0 Å². The highest BCUT2D eigenvalue weighted by Gasteiger charge is 2.39. The van der Waals surface area contributed by atoms with Gasteiger partial charge in [0.1, 0.15) is 5.54 Å². The Hall–Kier alpha value is -2.04. The van der Waals surface area contributed by atoms with Gasteiger partial charge in [0.05, 0.1) is 7.11 Å². The first-order valence-corrected chi connectivity index (χ1v) is 6.52. The number of rotatable bonds is 7. The number of azide groups is 1. The van der Waals surface area contributed by atoms with Gasteiger partial charge in [0.25, 0.3) is 0 Å². The highest BCUT2D eigenvalue weighted by atomic mass is 16.5. The zero-order valence-electron chi connectivity index (χ0n) is 12.1. The maximum absolute atomic E-state index is 12.2. The Bertz CT molecular complexity index is 494. The lowest BCUT2D eigenvalue weighted by Crippen LogP contribution is -2.50. The van der Waals surface area contributed by atoms with Crippen LogP contribution in [0.3, 0.4) is 0 Å². The Morgan fingerprint density at radius 1 is 1.45 bits per heavy atom. The molecular weight excluding hydrogens is 256 g/mol. The highest BCUT2D eigenvalue weighted by Crippen LogP contribution is 2.27. The quantitative estimate of drug-likeness (QED) is 0.273. The summed E-state index contributed by atoms with van der Waals surface area (Å²) in [5, 5.41) is 6.63. The topological polar surface area (TPSA) is 87.1 Å². The van der Waals surface area contributed by atoms with Crippen molar-refractivity contribution >= 4 is 5.97 Å². The Kier molecular flexibility index (Phi) is 6.03. The predicted molar refractivity (Wildman–Crippen MR) is 77.2 cm³/mol. The third-order valence-electron chi connectivity index (χ3n) is 3.31. The van der Waals surface area contributed by atoms with Gasteiger partial charge in [0, 0.05) is 18.0 Å². The Morgan fingerprint density at radius 2 is 2.10 bits per heavy atom. The number of carbonyl (C=O) groups is 1. The molecule has 0 aliphatic heterocycles. The molecule has 0 saturated carbocycles. The molecule has 1 atom stereocenters. The monoisotopic (exact) mass is 276 g/mol. The fraction of sp³-hybridized carbons (Fsp3) is 0.500. The average Bonchev–Trinajstić information content (AvgIpc) is 2.48. The summed E-state index contributed by atoms with van der Waals surface area (Å²) in [5.74, 6) is -0.343. The molecule has 0 spiro atoms. The van der Waals surface area contributed by atoms with Crippen LogP contribution in [-0.4, -0.2) is 26.2 Å². The van der Waals surface area contributed by atoms with Crippen molar-refractivity contribution in [3.63, 3.8) is 0 Å². The second-order valence-electron chi connectivity index (χ2n) is 4.50. The standard InChI is InChI=1S/C14H20N4O2/c1-4-14(13(19)20-3,16-9-10-17-18-15)12-7-5-11(2)6-8-12/h5-8,16H,4,9-10H2,1-3H3. The third-order valence-corrected chi connectivity index (χ3v) is 3.31. The normalized spacial score (nSPS) is 13.2. The van der Waals surface area contributed by atoms with Gasteiger partial charge in [0.15, 0.2) is 0 Å². The van der Waals surface area contributed by atoms with Crippen molar-refractivity contribution < 1.29 is 9.53 Å². The summed E-state index contributed by atoms with van der Waals surface area (Å²) in [6.07, 6.45) is 0.541. The van der Waals surface area contributed by atoms with Gasteiger partial charge < -0.3 is 4.74 Å². The average molecular weight is 276 g/mol. The number of esters is 1. The minimum atomic E-state index is -0.909. The van der Waals surface area contributed by atoms with E-state index < -0.39 is 5.54 Å². The molecule has 0 bridgehead atoms. The molecule has 1 aromatic rings. The molecule has 0 aromatic heterocycles. The van der Waals surface area contributed by atoms with Crippen LogP contribution in [0.2, 0.25) is 0 Å². The number of hydrogen-bond acceptors (Lipinski definition) is 4. The maximum atomic E-state index is 12.2. The molecule has 1 N–H and O–H groups in total. The van der Waals surface area contributed by atoms with Crippen LogP contribution in [0, 0.1) is 6.92 Å². The molecular formula is C14H20N4O2. The van der Waals surface area contributed by atoms with Gasteiger partial charge in [-0.05, 0) is 24.4 Å². The van der Waals surface area contributed by atoms with E-state index in [0.717, 1.165) is 11.1 Å². The molecule has 6 nitrogen and oxygen atoms in total. The second kappa shape index (κ2) is 7.53. The molecule has 20 heavy (non-hydrogen) atoms. The van der Waals surface area contributed by atoms with E-state index in [0.29, 0.717) is 13.0 Å². The highest BCUT2D eigenvalue weighted by molar-refractivity contribution is 5.82. The summed E-state index contributed by atoms with van der Waals surface area (Å²) in [6, 6.07) is 7.74. The van der Waals surface area contributed by atoms with Gasteiger partial charge in [-0.2, -0.15) is 0 Å². The second-order valence-corrected chi connectivity index (χ2v) is 4.50. The van der Waals surface area contributed by atoms with E-state index in [1.807, 2.05) is 38.1 Å². The van der Waals surface area contributed by atoms with Crippen LogP contribution in [-0.2, 0) is 15.1 Å². The number of hydrogen-bond donors (Lipinski definition) is 1. The SMILES string of the molecule is CCC(NCCN=[N+]=[N-])(C(=O)OC)c1ccc(C)cc1. The number of methoxy groups -OCH3 is 1. The van der Waals surface area contributed by atoms with E-state index >= 15 is 0 Å². The minimum Gasteiger partial charge on any atom is -0.467 e. The lowest BCUT2D eigenvalue weighted by Gasteiger charge is -2.31. The summed E-state index contributed by atoms with van der Waals surface area (Å²) in [5.41, 5.74) is 9.35. The van der Waals surface area contributed by atoms with E-state index in [1.54, 1.807) is 0 Å². The van der Waals surface area contributed by atoms with Gasteiger partial charge in [-0.1, -0.05) is 41.9 Å². The summed E-state index contributed by atoms with van der Waals surface area (Å²) in [6.45, 7) is 4.59. The smallest absolute Gasteiger partial charge is 0.330 e. The van der Waals surface area contributed by atoms with Crippen molar-refractivity contribution in [1.29, 1.82) is 0 Å². The first kappa shape index (κ1) is 16.0. The van der Waals surface area contributed by atoms with E-state index in [4.69, 9.17) is 10.3 Å². The molecule has 1 rings (SSSR count). The zero-order valence-corrected chi connectivity index (χ0v) is 12.1. The van der Waals surface area contributed by atoms with Crippen molar-refractivity contribution in [2.45, 2.75) is 25.8 Å². The summed E-state index contributed by atoms with van der Waals surface area (Å²) in [7, 11) is 1.37. The number of ether oxygens (including phenoxy) is 1. The molecule has 0 saturated heterocycles. The zero-order chi connectivity index (χ0) is 15.0. The predicted octanol–water partition coefficient (Wildman–Crippen LogP) is 2.67. The van der Waals surface area contributed by atoms with Crippen LogP contribution in [0.5, 0.6) is 0 Å². The fourth-order valence-electron chi connectivity index (χ4n) is 2.14. The van der Waals surface area contributed by atoms with Gasteiger partial charge in [-0.15, -0.1) is 0 Å². The molecule has 6 heteroatoms. The summed E-state index contributed by atoms with van der Waals surface area (Å²) in [4.78, 5) is 14.9. The Labute approximate surface area is 118 Å². The molecule has 0 aliphatic carbocycles. The van der Waals surface area contributed by atoms with Gasteiger partial charge in [-0.25, -0.2) is 4.79 Å². The van der Waals surface area contributed by atoms with Crippen LogP contribution in [0.25, 0.3) is 10.4 Å². The van der Waals surface area contributed by atoms with E-state index in [9.17, 15) is 4.79 Å². The fourth-order valence-corrected chi connectivity index (χ4v) is 2.14. The molecule has 0 radical (unpaired) electrons. The number of aryl methyl sites for hydroxylation is 1. The lowest BCUT2D eigenvalue weighted by molar-refractivity contribution is -0.149. The number of carbonyl (C=O) groups excluding carboxylic acids is 1. The van der Waals surface area contributed by atoms with Gasteiger partial charge >= 0.3 is 5.97 Å². The van der Waals surface area contributed by atoms with E-state index in [1.165, 1.54) is 7.11 Å². The van der Waals surface area contributed by atoms with Crippen LogP contribution < -0.4 is 5.32 Å². The Morgan fingerprint density at radius 3 is 2.60 bits per heavy atom. The lowest BCUT2D eigenvalue weighted by atomic mass is 9.86. The number of nitrogens with zero attached hydrogens (tertiary/aromatic N) is 3. The maximum Gasteiger partial charge on any atom is 0.330 e. The van der Waals surface area contributed by atoms with Crippen molar-refractivity contribution in [3.8, 4) is 0 Å². The molecule has 108 valence electrons. The molecule has 0 heterocycles. The van der Waals surface area contributed by atoms with Gasteiger partial charge in [0.2, 0.25) is 0 Å². The van der Waals surface area contributed by atoms with Crippen LogP contribution >= 0.6 is 0 Å². The first-order chi connectivity index (χ1) is 9.60. The molecule has 1 unspecified atom stereocenters. The Balaban J connectivity index is 3.07. The minimum absolute atomic E-state index is 0.279. The largest absolute Gasteiger partial charge is 0.467 e. The number of nitrogens with one attached hydrogen (secondary N) is 1. The number of benzene rings is 1. The summed E-state index contributed by atoms with van der Waals surface area (Å²) >= 11 is 0. The van der Waals surface area contributed by atoms with E-state index in [2.05, 4.69) is 15.3 Å². The van der Waals surface area contributed by atoms with Gasteiger partial charge in [-0.3, -0.25) is 5.32 Å². The first-order valence-electron chi connectivity index (χ1n) is 6.52. The van der Waals surface area contributed by atoms with Crippen molar-refractivity contribution in [2.24, 2.45) is 5.11 Å². The summed E-state index contributed by atoms with van der Waals surface area (Å²) < 4.78 is 4.94. The molecule has 0 fully saturated rings. The van der Waals surface area contributed by atoms with Crippen molar-refractivity contribution in [3.05, 3.63) is 45.8 Å². The molecule has 0 aliphatic rings. The van der Waals surface area contributed by atoms with Crippen molar-refractivity contribution in [1.82, 2.24) is 5.32 Å². The molecule has 0 amide bonds. The van der Waals surface area contributed by atoms with Crippen molar-refractivity contribution in [2.75, 3.05) is 20.2 Å². The molecule has 1 aromatic carbocycles. The van der Waals surface area contributed by atoms with E-state index in [-0.39, 0.29) is 12.5 Å². The third kappa shape index (κ3) is 3.50. The van der Waals surface area contributed by atoms with Crippen LogP contribution in [0.15, 0.2) is 29.4 Å².